The molecule has 0 saturated heterocycles. The Hall–Kier alpha value is -0.410. The van der Waals surface area contributed by atoms with Gasteiger partial charge in [-0.15, -0.1) is 0 Å². The first-order chi connectivity index (χ1) is 6.09. The summed E-state index contributed by atoms with van der Waals surface area (Å²) >= 11 is 0. The molecule has 1 rings (SSSR count). The number of Topliss-reactive ketones (excluding diaryl/α,β-unsaturated/α-hetero) is 1. The van der Waals surface area contributed by atoms with Crippen LogP contribution < -0.4 is 5.73 Å². The monoisotopic (exact) mass is 184 g/mol. The molecule has 1 aliphatic carbocycles. The van der Waals surface area contributed by atoms with Crippen molar-refractivity contribution in [2.45, 2.75) is 31.7 Å². The minimum absolute atomic E-state index is 0.201. The van der Waals surface area contributed by atoms with Crippen molar-refractivity contribution in [1.82, 2.24) is 4.90 Å². The summed E-state index contributed by atoms with van der Waals surface area (Å²) in [5.74, 6) is 0.971. The molecule has 0 bridgehead atoms. The van der Waals surface area contributed by atoms with E-state index < -0.39 is 0 Å². The second-order valence-electron chi connectivity index (χ2n) is 4.31. The molecular formula is C10H20N2O. The van der Waals surface area contributed by atoms with Crippen LogP contribution in [0.3, 0.4) is 0 Å². The standard InChI is InChI=1S/C10H20N2O/c1-12(2)6-5-10(13)9(11)7-8-3-4-8/h8-9H,3-7,11H2,1-2H3. The van der Waals surface area contributed by atoms with Gasteiger partial charge in [0.25, 0.3) is 0 Å². The summed E-state index contributed by atoms with van der Waals surface area (Å²) in [7, 11) is 3.94. The zero-order valence-corrected chi connectivity index (χ0v) is 8.62. The molecule has 0 heterocycles. The van der Waals surface area contributed by atoms with E-state index in [2.05, 4.69) is 0 Å². The van der Waals surface area contributed by atoms with Crippen LogP contribution in [0.1, 0.15) is 25.7 Å². The van der Waals surface area contributed by atoms with Crippen molar-refractivity contribution in [3.8, 4) is 0 Å². The third-order valence-corrected chi connectivity index (χ3v) is 2.50. The van der Waals surface area contributed by atoms with Crippen molar-refractivity contribution >= 4 is 5.78 Å². The SMILES string of the molecule is CN(C)CCC(=O)C(N)CC1CC1. The molecule has 0 aromatic rings. The van der Waals surface area contributed by atoms with Crippen LogP contribution in [0, 0.1) is 5.92 Å². The van der Waals surface area contributed by atoms with Gasteiger partial charge in [0.1, 0.15) is 0 Å². The Morgan fingerprint density at radius 2 is 2.15 bits per heavy atom. The Morgan fingerprint density at radius 1 is 1.54 bits per heavy atom. The van der Waals surface area contributed by atoms with E-state index in [-0.39, 0.29) is 11.8 Å². The number of nitrogens with zero attached hydrogens (tertiary/aromatic N) is 1. The highest BCUT2D eigenvalue weighted by atomic mass is 16.1. The average Bonchev–Trinajstić information content (AvgIpc) is 2.83. The summed E-state index contributed by atoms with van der Waals surface area (Å²) < 4.78 is 0. The molecule has 3 nitrogen and oxygen atoms in total. The lowest BCUT2D eigenvalue weighted by molar-refractivity contribution is -0.120. The first-order valence-electron chi connectivity index (χ1n) is 5.02. The smallest absolute Gasteiger partial charge is 0.150 e. The fraction of sp³-hybridized carbons (Fsp3) is 0.900. The normalized spacial score (nSPS) is 19.1. The molecule has 0 aromatic carbocycles. The molecule has 1 unspecified atom stereocenters. The Balaban J connectivity index is 2.13. The Morgan fingerprint density at radius 3 is 2.62 bits per heavy atom. The van der Waals surface area contributed by atoms with Crippen molar-refractivity contribution in [2.24, 2.45) is 11.7 Å². The first kappa shape index (κ1) is 10.7. The van der Waals surface area contributed by atoms with Crippen LogP contribution in [0.4, 0.5) is 0 Å². The van der Waals surface area contributed by atoms with Crippen molar-refractivity contribution in [3.05, 3.63) is 0 Å². The van der Waals surface area contributed by atoms with Crippen LogP contribution in [0.5, 0.6) is 0 Å². The van der Waals surface area contributed by atoms with Crippen molar-refractivity contribution in [3.63, 3.8) is 0 Å². The van der Waals surface area contributed by atoms with E-state index in [0.717, 1.165) is 18.9 Å². The molecular weight excluding hydrogens is 164 g/mol. The van der Waals surface area contributed by atoms with Crippen molar-refractivity contribution < 1.29 is 4.79 Å². The predicted molar refractivity (Wildman–Crippen MR) is 53.5 cm³/mol. The van der Waals surface area contributed by atoms with Crippen LogP contribution in [-0.2, 0) is 4.79 Å². The maximum atomic E-state index is 11.5. The summed E-state index contributed by atoms with van der Waals surface area (Å²) in [6, 6.07) is -0.201. The molecule has 1 aliphatic rings. The van der Waals surface area contributed by atoms with E-state index in [4.69, 9.17) is 5.73 Å². The Bertz CT molecular complexity index is 176. The highest BCUT2D eigenvalue weighted by Crippen LogP contribution is 2.33. The van der Waals surface area contributed by atoms with Gasteiger partial charge in [-0.1, -0.05) is 12.8 Å². The highest BCUT2D eigenvalue weighted by Gasteiger charge is 2.26. The van der Waals surface area contributed by atoms with Gasteiger partial charge >= 0.3 is 0 Å². The first-order valence-corrected chi connectivity index (χ1v) is 5.02. The van der Waals surface area contributed by atoms with Crippen molar-refractivity contribution in [1.29, 1.82) is 0 Å². The summed E-state index contributed by atoms with van der Waals surface area (Å²) in [5, 5.41) is 0. The number of ketones is 1. The average molecular weight is 184 g/mol. The van der Waals surface area contributed by atoms with E-state index in [1.54, 1.807) is 0 Å². The van der Waals surface area contributed by atoms with E-state index in [9.17, 15) is 4.79 Å². The van der Waals surface area contributed by atoms with Gasteiger partial charge in [0.2, 0.25) is 0 Å². The number of rotatable bonds is 6. The largest absolute Gasteiger partial charge is 0.321 e. The van der Waals surface area contributed by atoms with Crippen LogP contribution in [0.25, 0.3) is 0 Å². The van der Waals surface area contributed by atoms with Crippen LogP contribution in [0.15, 0.2) is 0 Å². The summed E-state index contributed by atoms with van der Waals surface area (Å²) in [6.45, 7) is 0.817. The van der Waals surface area contributed by atoms with Gasteiger partial charge in [0.05, 0.1) is 6.04 Å². The number of hydrogen-bond donors (Lipinski definition) is 1. The zero-order valence-electron chi connectivity index (χ0n) is 8.62. The van der Waals surface area contributed by atoms with Crippen LogP contribution >= 0.6 is 0 Å². The summed E-state index contributed by atoms with van der Waals surface area (Å²) in [4.78, 5) is 13.5. The molecule has 0 amide bonds. The molecule has 1 fully saturated rings. The molecule has 13 heavy (non-hydrogen) atoms. The summed E-state index contributed by atoms with van der Waals surface area (Å²) in [6.07, 6.45) is 4.05. The molecule has 0 spiro atoms. The molecule has 3 heteroatoms. The van der Waals surface area contributed by atoms with E-state index >= 15 is 0 Å². The maximum Gasteiger partial charge on any atom is 0.150 e. The second-order valence-corrected chi connectivity index (χ2v) is 4.31. The van der Waals surface area contributed by atoms with Crippen LogP contribution in [-0.4, -0.2) is 37.4 Å². The lowest BCUT2D eigenvalue weighted by atomic mass is 10.0. The van der Waals surface area contributed by atoms with Crippen molar-refractivity contribution in [2.75, 3.05) is 20.6 Å². The number of nitrogens with two attached hydrogens (primary N) is 1. The number of carbonyl (C=O) groups is 1. The fourth-order valence-corrected chi connectivity index (χ4v) is 1.36. The molecule has 1 saturated carbocycles. The lowest BCUT2D eigenvalue weighted by Crippen LogP contribution is -2.33. The fourth-order valence-electron chi connectivity index (χ4n) is 1.36. The van der Waals surface area contributed by atoms with E-state index in [1.807, 2.05) is 19.0 Å². The third kappa shape index (κ3) is 4.39. The highest BCUT2D eigenvalue weighted by molar-refractivity contribution is 5.83. The Kier molecular flexibility index (Phi) is 3.88. The molecule has 0 aromatic heterocycles. The minimum atomic E-state index is -0.201. The maximum absolute atomic E-state index is 11.5. The van der Waals surface area contributed by atoms with Gasteiger partial charge in [-0.3, -0.25) is 4.79 Å². The van der Waals surface area contributed by atoms with E-state index in [0.29, 0.717) is 6.42 Å². The number of carbonyl (C=O) groups excluding carboxylic acids is 1. The topological polar surface area (TPSA) is 46.3 Å². The van der Waals surface area contributed by atoms with Crippen LogP contribution in [0.2, 0.25) is 0 Å². The lowest BCUT2D eigenvalue weighted by Gasteiger charge is -2.12. The molecule has 1 atom stereocenters. The van der Waals surface area contributed by atoms with Gasteiger partial charge in [0.15, 0.2) is 5.78 Å². The predicted octanol–water partition coefficient (Wildman–Crippen LogP) is 0.635. The quantitative estimate of drug-likeness (QED) is 0.658. The molecule has 76 valence electrons. The third-order valence-electron chi connectivity index (χ3n) is 2.50. The van der Waals surface area contributed by atoms with Gasteiger partial charge in [-0.25, -0.2) is 0 Å². The second kappa shape index (κ2) is 4.72. The van der Waals surface area contributed by atoms with Gasteiger partial charge in [-0.05, 0) is 26.4 Å². The molecule has 2 N–H and O–H groups in total. The molecule has 0 aliphatic heterocycles. The summed E-state index contributed by atoms with van der Waals surface area (Å²) in [5.41, 5.74) is 5.78. The molecule has 0 radical (unpaired) electrons. The zero-order chi connectivity index (χ0) is 9.84. The van der Waals surface area contributed by atoms with Gasteiger partial charge in [-0.2, -0.15) is 0 Å². The minimum Gasteiger partial charge on any atom is -0.321 e. The van der Waals surface area contributed by atoms with Gasteiger partial charge < -0.3 is 10.6 Å². The van der Waals surface area contributed by atoms with Gasteiger partial charge in [0, 0.05) is 13.0 Å². The Labute approximate surface area is 80.3 Å². The number of hydrogen-bond acceptors (Lipinski definition) is 3. The van der Waals surface area contributed by atoms with E-state index in [1.165, 1.54) is 12.8 Å².